The van der Waals surface area contributed by atoms with Crippen molar-refractivity contribution in [1.82, 2.24) is 0 Å². The Kier molecular flexibility index (Phi) is 7.67. The number of hydrogen-bond donors (Lipinski definition) is 3. The third-order valence-electron chi connectivity index (χ3n) is 2.80. The van der Waals surface area contributed by atoms with E-state index >= 15 is 0 Å². The molecule has 4 N–H and O–H groups in total. The summed E-state index contributed by atoms with van der Waals surface area (Å²) in [7, 11) is 0. The Balaban J connectivity index is 0.000000541. The van der Waals surface area contributed by atoms with Crippen LogP contribution in [0.1, 0.15) is 6.92 Å². The van der Waals surface area contributed by atoms with Gasteiger partial charge in [0.05, 0.1) is 12.6 Å². The largest absolute Gasteiger partial charge is 0.481 e. The van der Waals surface area contributed by atoms with Crippen molar-refractivity contribution in [3.63, 3.8) is 0 Å². The van der Waals surface area contributed by atoms with Gasteiger partial charge in [-0.05, 0) is 24.3 Å². The van der Waals surface area contributed by atoms with Crippen molar-refractivity contribution in [3.05, 3.63) is 60.7 Å². The summed E-state index contributed by atoms with van der Waals surface area (Å²) in [6, 6.07) is 20.0. The summed E-state index contributed by atoms with van der Waals surface area (Å²) in [5.74, 6) is -0.833. The van der Waals surface area contributed by atoms with Crippen LogP contribution in [0, 0.1) is 0 Å². The maximum absolute atomic E-state index is 9.78. The van der Waals surface area contributed by atoms with Crippen LogP contribution in [-0.4, -0.2) is 35.4 Å². The van der Waals surface area contributed by atoms with Crippen LogP contribution in [-0.2, 0) is 4.79 Å². The standard InChI is InChI=1S/C15H18N2O.C2H4O2/c16-11-15(18)12-17(13-7-3-1-4-8-13)14-9-5-2-6-10-14;1-2(3)4/h1-10,15,18H,11-12,16H2;1H3,(H,3,4)/t15-;/m0./s1. The number of nitrogens with zero attached hydrogens (tertiary/aromatic N) is 1. The molecule has 5 nitrogen and oxygen atoms in total. The number of para-hydroxylation sites is 2. The molecule has 0 radical (unpaired) electrons. The van der Waals surface area contributed by atoms with Gasteiger partial charge in [0.25, 0.3) is 5.97 Å². The van der Waals surface area contributed by atoms with Crippen molar-refractivity contribution < 1.29 is 15.0 Å². The van der Waals surface area contributed by atoms with Crippen molar-refractivity contribution in [2.75, 3.05) is 18.0 Å². The lowest BCUT2D eigenvalue weighted by molar-refractivity contribution is -0.134. The van der Waals surface area contributed by atoms with E-state index in [1.165, 1.54) is 0 Å². The van der Waals surface area contributed by atoms with Crippen LogP contribution in [0.2, 0.25) is 0 Å². The highest BCUT2D eigenvalue weighted by Gasteiger charge is 2.12. The van der Waals surface area contributed by atoms with Gasteiger partial charge in [-0.1, -0.05) is 36.4 Å². The summed E-state index contributed by atoms with van der Waals surface area (Å²) in [4.78, 5) is 11.1. The van der Waals surface area contributed by atoms with E-state index in [2.05, 4.69) is 4.90 Å². The van der Waals surface area contributed by atoms with Gasteiger partial charge in [-0.25, -0.2) is 0 Å². The summed E-state index contributed by atoms with van der Waals surface area (Å²) < 4.78 is 0. The SMILES string of the molecule is CC(=O)O.NC[C@H](O)CN(c1ccccc1)c1ccccc1. The number of aliphatic hydroxyl groups excluding tert-OH is 1. The number of nitrogens with two attached hydrogens (primary N) is 1. The van der Waals surface area contributed by atoms with Crippen LogP contribution in [0.4, 0.5) is 11.4 Å². The molecule has 5 heteroatoms. The molecule has 2 rings (SSSR count). The van der Waals surface area contributed by atoms with Gasteiger partial charge in [0.1, 0.15) is 0 Å². The van der Waals surface area contributed by atoms with Gasteiger partial charge in [-0.3, -0.25) is 4.79 Å². The topological polar surface area (TPSA) is 86.8 Å². The minimum absolute atomic E-state index is 0.260. The van der Waals surface area contributed by atoms with E-state index in [1.54, 1.807) is 0 Å². The molecule has 2 aromatic carbocycles. The van der Waals surface area contributed by atoms with E-state index in [-0.39, 0.29) is 6.54 Å². The average Bonchev–Trinajstić information content (AvgIpc) is 2.53. The first kappa shape index (κ1) is 17.7. The van der Waals surface area contributed by atoms with Gasteiger partial charge < -0.3 is 20.8 Å². The molecule has 0 aromatic heterocycles. The molecule has 0 aliphatic rings. The van der Waals surface area contributed by atoms with E-state index in [1.807, 2.05) is 60.7 Å². The van der Waals surface area contributed by atoms with E-state index in [0.717, 1.165) is 18.3 Å². The molecule has 1 atom stereocenters. The summed E-state index contributed by atoms with van der Waals surface area (Å²) in [6.07, 6.45) is -0.537. The third kappa shape index (κ3) is 6.39. The molecule has 2 aromatic rings. The molecule has 0 fully saturated rings. The maximum atomic E-state index is 9.78. The second-order valence-electron chi connectivity index (χ2n) is 4.69. The van der Waals surface area contributed by atoms with Crippen molar-refractivity contribution in [3.8, 4) is 0 Å². The zero-order valence-electron chi connectivity index (χ0n) is 12.6. The Bertz CT molecular complexity index is 503. The molecule has 0 heterocycles. The second-order valence-corrected chi connectivity index (χ2v) is 4.69. The second kappa shape index (κ2) is 9.55. The van der Waals surface area contributed by atoms with Crippen molar-refractivity contribution in [2.24, 2.45) is 5.73 Å². The lowest BCUT2D eigenvalue weighted by atomic mass is 10.2. The highest BCUT2D eigenvalue weighted by Crippen LogP contribution is 2.24. The first-order valence-electron chi connectivity index (χ1n) is 7.00. The predicted octanol–water partition coefficient (Wildman–Crippen LogP) is 2.24. The average molecular weight is 302 g/mol. The Morgan fingerprint density at radius 1 is 1.05 bits per heavy atom. The molecule has 118 valence electrons. The fraction of sp³-hybridized carbons (Fsp3) is 0.235. The minimum atomic E-state index is -0.833. The highest BCUT2D eigenvalue weighted by molar-refractivity contribution is 5.63. The van der Waals surface area contributed by atoms with E-state index in [0.29, 0.717) is 6.54 Å². The van der Waals surface area contributed by atoms with Crippen molar-refractivity contribution in [2.45, 2.75) is 13.0 Å². The number of hydrogen-bond acceptors (Lipinski definition) is 4. The van der Waals surface area contributed by atoms with Crippen LogP contribution in [0.15, 0.2) is 60.7 Å². The van der Waals surface area contributed by atoms with Gasteiger partial charge in [0.15, 0.2) is 0 Å². The van der Waals surface area contributed by atoms with Crippen molar-refractivity contribution in [1.29, 1.82) is 0 Å². The van der Waals surface area contributed by atoms with E-state index in [4.69, 9.17) is 15.6 Å². The molecular weight excluding hydrogens is 280 g/mol. The number of rotatable bonds is 5. The van der Waals surface area contributed by atoms with Gasteiger partial charge in [-0.15, -0.1) is 0 Å². The van der Waals surface area contributed by atoms with Crippen LogP contribution in [0.3, 0.4) is 0 Å². The number of aliphatic carboxylic acids is 1. The van der Waals surface area contributed by atoms with Gasteiger partial charge in [0.2, 0.25) is 0 Å². The maximum Gasteiger partial charge on any atom is 0.300 e. The quantitative estimate of drug-likeness (QED) is 0.788. The zero-order chi connectivity index (χ0) is 16.4. The summed E-state index contributed by atoms with van der Waals surface area (Å²) >= 11 is 0. The van der Waals surface area contributed by atoms with Gasteiger partial charge >= 0.3 is 0 Å². The van der Waals surface area contributed by atoms with Gasteiger partial charge in [-0.2, -0.15) is 0 Å². The number of anilines is 2. The first-order chi connectivity index (χ1) is 10.5. The smallest absolute Gasteiger partial charge is 0.300 e. The molecule has 0 bridgehead atoms. The molecule has 0 spiro atoms. The molecular formula is C17H22N2O3. The Morgan fingerprint density at radius 3 is 1.73 bits per heavy atom. The molecule has 0 saturated heterocycles. The number of benzene rings is 2. The molecule has 0 amide bonds. The van der Waals surface area contributed by atoms with Gasteiger partial charge in [0, 0.05) is 24.8 Å². The summed E-state index contributed by atoms with van der Waals surface area (Å²) in [6.45, 7) is 1.83. The minimum Gasteiger partial charge on any atom is -0.481 e. The normalized spacial score (nSPS) is 11.0. The third-order valence-corrected chi connectivity index (χ3v) is 2.80. The van der Waals surface area contributed by atoms with Crippen LogP contribution < -0.4 is 10.6 Å². The summed E-state index contributed by atoms with van der Waals surface area (Å²) in [5.41, 5.74) is 7.60. The Hall–Kier alpha value is -2.37. The number of carbonyl (C=O) groups is 1. The molecule has 0 saturated carbocycles. The molecule has 22 heavy (non-hydrogen) atoms. The Labute approximate surface area is 130 Å². The fourth-order valence-electron chi connectivity index (χ4n) is 1.86. The van der Waals surface area contributed by atoms with Crippen molar-refractivity contribution >= 4 is 17.3 Å². The lowest BCUT2D eigenvalue weighted by Gasteiger charge is -2.27. The fourth-order valence-corrected chi connectivity index (χ4v) is 1.86. The molecule has 0 unspecified atom stereocenters. The number of carboxylic acid groups (broad SMARTS) is 1. The predicted molar refractivity (Wildman–Crippen MR) is 88.3 cm³/mol. The molecule has 0 aliphatic carbocycles. The Morgan fingerprint density at radius 2 is 1.41 bits per heavy atom. The number of carboxylic acids is 1. The summed E-state index contributed by atoms with van der Waals surface area (Å²) in [5, 5.41) is 17.2. The van der Waals surface area contributed by atoms with Crippen LogP contribution in [0.5, 0.6) is 0 Å². The van der Waals surface area contributed by atoms with Crippen LogP contribution in [0.25, 0.3) is 0 Å². The van der Waals surface area contributed by atoms with E-state index < -0.39 is 12.1 Å². The lowest BCUT2D eigenvalue weighted by Crippen LogP contribution is -2.33. The first-order valence-corrected chi connectivity index (χ1v) is 7.00. The van der Waals surface area contributed by atoms with E-state index in [9.17, 15) is 5.11 Å². The van der Waals surface area contributed by atoms with Crippen LogP contribution >= 0.6 is 0 Å². The monoisotopic (exact) mass is 302 g/mol. The molecule has 0 aliphatic heterocycles. The zero-order valence-corrected chi connectivity index (χ0v) is 12.6. The highest BCUT2D eigenvalue weighted by atomic mass is 16.4. The number of aliphatic hydroxyl groups is 1.